The lowest BCUT2D eigenvalue weighted by Crippen LogP contribution is -2.23. The van der Waals surface area contributed by atoms with Crippen LogP contribution in [-0.4, -0.2) is 36.5 Å². The van der Waals surface area contributed by atoms with Crippen LogP contribution >= 0.6 is 0 Å². The highest BCUT2D eigenvalue weighted by Crippen LogP contribution is 2.13. The largest absolute Gasteiger partial charge is 0.481 e. The van der Waals surface area contributed by atoms with Crippen molar-refractivity contribution in [3.05, 3.63) is 30.1 Å². The number of carboxylic acid groups (broad SMARTS) is 1. The van der Waals surface area contributed by atoms with Gasteiger partial charge >= 0.3 is 5.97 Å². The zero-order chi connectivity index (χ0) is 13.1. The molecule has 1 atom stereocenters. The Morgan fingerprint density at radius 1 is 1.29 bits per heavy atom. The fourth-order valence-electron chi connectivity index (χ4n) is 1.25. The summed E-state index contributed by atoms with van der Waals surface area (Å²) < 4.78 is 35.9. The number of hydrogen-bond acceptors (Lipinski definition) is 4. The van der Waals surface area contributed by atoms with E-state index in [-0.39, 0.29) is 4.90 Å². The number of aliphatic hydroxyl groups excluding tert-OH is 1. The maximum Gasteiger partial charge on any atom is 0.306 e. The van der Waals surface area contributed by atoms with Crippen molar-refractivity contribution >= 4 is 15.8 Å². The molecule has 0 aliphatic rings. The van der Waals surface area contributed by atoms with Gasteiger partial charge in [0, 0.05) is 0 Å². The number of aliphatic hydroxyl groups is 1. The van der Waals surface area contributed by atoms with Gasteiger partial charge in [-0.3, -0.25) is 4.79 Å². The van der Waals surface area contributed by atoms with E-state index in [4.69, 9.17) is 5.11 Å². The van der Waals surface area contributed by atoms with E-state index in [1.54, 1.807) is 0 Å². The van der Waals surface area contributed by atoms with E-state index < -0.39 is 39.9 Å². The zero-order valence-corrected chi connectivity index (χ0v) is 9.52. The van der Waals surface area contributed by atoms with Crippen molar-refractivity contribution < 1.29 is 27.8 Å². The SMILES string of the molecule is O=C(O)CC(O)CS(=O)(=O)c1ccc(F)cc1. The first kappa shape index (κ1) is 13.6. The Labute approximate surface area is 97.4 Å². The van der Waals surface area contributed by atoms with Gasteiger partial charge in [-0.1, -0.05) is 0 Å². The van der Waals surface area contributed by atoms with Gasteiger partial charge in [0.1, 0.15) is 5.82 Å². The predicted octanol–water partition coefficient (Wildman–Crippen LogP) is 0.435. The molecule has 2 N–H and O–H groups in total. The van der Waals surface area contributed by atoms with Crippen LogP contribution in [0.1, 0.15) is 6.42 Å². The van der Waals surface area contributed by atoms with Crippen LogP contribution < -0.4 is 0 Å². The topological polar surface area (TPSA) is 91.7 Å². The van der Waals surface area contributed by atoms with Crippen LogP contribution in [0.5, 0.6) is 0 Å². The van der Waals surface area contributed by atoms with Crippen molar-refractivity contribution in [3.8, 4) is 0 Å². The molecule has 5 nitrogen and oxygen atoms in total. The quantitative estimate of drug-likeness (QED) is 0.751. The second-order valence-electron chi connectivity index (χ2n) is 3.49. The van der Waals surface area contributed by atoms with E-state index in [2.05, 4.69) is 0 Å². The molecule has 1 aromatic carbocycles. The van der Waals surface area contributed by atoms with Gasteiger partial charge in [-0.05, 0) is 24.3 Å². The fourth-order valence-corrected chi connectivity index (χ4v) is 2.62. The van der Waals surface area contributed by atoms with Crippen LogP contribution in [-0.2, 0) is 14.6 Å². The third-order valence-electron chi connectivity index (χ3n) is 1.99. The van der Waals surface area contributed by atoms with Gasteiger partial charge in [0.2, 0.25) is 0 Å². The summed E-state index contributed by atoms with van der Waals surface area (Å²) in [4.78, 5) is 10.1. The Morgan fingerprint density at radius 3 is 2.29 bits per heavy atom. The Balaban J connectivity index is 2.82. The van der Waals surface area contributed by atoms with Crippen molar-refractivity contribution in [3.63, 3.8) is 0 Å². The van der Waals surface area contributed by atoms with Gasteiger partial charge in [-0.15, -0.1) is 0 Å². The third kappa shape index (κ3) is 4.12. The molecule has 7 heteroatoms. The molecule has 0 heterocycles. The molecule has 0 saturated heterocycles. The van der Waals surface area contributed by atoms with E-state index in [0.717, 1.165) is 24.3 Å². The normalized spacial score (nSPS) is 13.3. The van der Waals surface area contributed by atoms with Crippen molar-refractivity contribution in [2.45, 2.75) is 17.4 Å². The Hall–Kier alpha value is -1.47. The first-order chi connectivity index (χ1) is 7.81. The lowest BCUT2D eigenvalue weighted by Gasteiger charge is -2.08. The average Bonchev–Trinajstić information content (AvgIpc) is 2.15. The smallest absolute Gasteiger partial charge is 0.306 e. The van der Waals surface area contributed by atoms with Crippen LogP contribution in [0, 0.1) is 5.82 Å². The molecule has 0 fully saturated rings. The summed E-state index contributed by atoms with van der Waals surface area (Å²) in [6.45, 7) is 0. The molecular formula is C10H11FO5S. The number of hydrogen-bond donors (Lipinski definition) is 2. The van der Waals surface area contributed by atoms with E-state index in [0.29, 0.717) is 0 Å². The third-order valence-corrected chi connectivity index (χ3v) is 3.81. The summed E-state index contributed by atoms with van der Waals surface area (Å²) in [7, 11) is -3.80. The van der Waals surface area contributed by atoms with Crippen LogP contribution in [0.25, 0.3) is 0 Å². The molecule has 1 rings (SSSR count). The lowest BCUT2D eigenvalue weighted by molar-refractivity contribution is -0.138. The molecule has 94 valence electrons. The summed E-state index contributed by atoms with van der Waals surface area (Å²) >= 11 is 0. The first-order valence-electron chi connectivity index (χ1n) is 4.69. The van der Waals surface area contributed by atoms with Crippen LogP contribution in [0.2, 0.25) is 0 Å². The van der Waals surface area contributed by atoms with E-state index >= 15 is 0 Å². The molecule has 17 heavy (non-hydrogen) atoms. The van der Waals surface area contributed by atoms with Crippen LogP contribution in [0.15, 0.2) is 29.2 Å². The average molecular weight is 262 g/mol. The predicted molar refractivity (Wildman–Crippen MR) is 56.7 cm³/mol. The van der Waals surface area contributed by atoms with Gasteiger partial charge in [0.05, 0.1) is 23.2 Å². The van der Waals surface area contributed by atoms with E-state index in [1.165, 1.54) is 0 Å². The molecule has 0 radical (unpaired) electrons. The zero-order valence-electron chi connectivity index (χ0n) is 8.71. The number of sulfone groups is 1. The Morgan fingerprint density at radius 2 is 1.82 bits per heavy atom. The molecule has 0 aliphatic heterocycles. The fraction of sp³-hybridized carbons (Fsp3) is 0.300. The van der Waals surface area contributed by atoms with Crippen LogP contribution in [0.3, 0.4) is 0 Å². The molecule has 0 aromatic heterocycles. The molecule has 0 amide bonds. The summed E-state index contributed by atoms with van der Waals surface area (Å²) in [5.74, 6) is -2.56. The van der Waals surface area contributed by atoms with Crippen molar-refractivity contribution in [2.24, 2.45) is 0 Å². The number of halogens is 1. The second kappa shape index (κ2) is 5.24. The lowest BCUT2D eigenvalue weighted by atomic mass is 10.3. The summed E-state index contributed by atoms with van der Waals surface area (Å²) in [5, 5.41) is 17.6. The summed E-state index contributed by atoms with van der Waals surface area (Å²) in [5.41, 5.74) is 0. The standard InChI is InChI=1S/C10H11FO5S/c11-7-1-3-9(4-2-7)17(15,16)6-8(12)5-10(13)14/h1-4,8,12H,5-6H2,(H,13,14). The second-order valence-corrected chi connectivity index (χ2v) is 5.52. The minimum atomic E-state index is -3.80. The number of benzene rings is 1. The monoisotopic (exact) mass is 262 g/mol. The molecule has 0 saturated carbocycles. The van der Waals surface area contributed by atoms with Crippen LogP contribution in [0.4, 0.5) is 4.39 Å². The molecule has 0 spiro atoms. The number of rotatable bonds is 5. The Bertz CT molecular complexity index is 494. The maximum absolute atomic E-state index is 12.6. The highest BCUT2D eigenvalue weighted by molar-refractivity contribution is 7.91. The van der Waals surface area contributed by atoms with E-state index in [9.17, 15) is 22.7 Å². The molecule has 1 unspecified atom stereocenters. The van der Waals surface area contributed by atoms with Gasteiger partial charge < -0.3 is 10.2 Å². The number of carboxylic acids is 1. The molecule has 0 aliphatic carbocycles. The maximum atomic E-state index is 12.6. The summed E-state index contributed by atoms with van der Waals surface area (Å²) in [6, 6.07) is 4.10. The molecule has 0 bridgehead atoms. The first-order valence-corrected chi connectivity index (χ1v) is 6.34. The van der Waals surface area contributed by atoms with Gasteiger partial charge in [0.15, 0.2) is 9.84 Å². The minimum Gasteiger partial charge on any atom is -0.481 e. The number of aliphatic carboxylic acids is 1. The Kier molecular flexibility index (Phi) is 4.19. The van der Waals surface area contributed by atoms with E-state index in [1.807, 2.05) is 0 Å². The number of carbonyl (C=O) groups is 1. The van der Waals surface area contributed by atoms with Gasteiger partial charge in [-0.2, -0.15) is 0 Å². The van der Waals surface area contributed by atoms with Gasteiger partial charge in [0.25, 0.3) is 0 Å². The van der Waals surface area contributed by atoms with Crippen molar-refractivity contribution in [1.82, 2.24) is 0 Å². The highest BCUT2D eigenvalue weighted by atomic mass is 32.2. The van der Waals surface area contributed by atoms with Crippen molar-refractivity contribution in [1.29, 1.82) is 0 Å². The van der Waals surface area contributed by atoms with Crippen molar-refractivity contribution in [2.75, 3.05) is 5.75 Å². The summed E-state index contributed by atoms with van der Waals surface area (Å²) in [6.07, 6.45) is -2.14. The highest BCUT2D eigenvalue weighted by Gasteiger charge is 2.21. The minimum absolute atomic E-state index is 0.150. The molecule has 1 aromatic rings. The van der Waals surface area contributed by atoms with Gasteiger partial charge in [-0.25, -0.2) is 12.8 Å². The molecular weight excluding hydrogens is 251 g/mol.